The molecule has 0 aliphatic heterocycles. The summed E-state index contributed by atoms with van der Waals surface area (Å²) in [5, 5.41) is 13.3. The molecule has 1 N–H and O–H groups in total. The molecule has 1 aromatic heterocycles. The third-order valence-electron chi connectivity index (χ3n) is 2.69. The smallest absolute Gasteiger partial charge is 0.0897 e. The first-order chi connectivity index (χ1) is 8.20. The number of thiazole rings is 1. The molecular weight excluding hydrogens is 254 g/mol. The number of hydrogen-bond donors (Lipinski definition) is 1. The average Bonchev–Trinajstić information content (AvgIpc) is 2.73. The zero-order chi connectivity index (χ0) is 12.3. The minimum atomic E-state index is 0.0187. The Balaban J connectivity index is 2.20. The summed E-state index contributed by atoms with van der Waals surface area (Å²) in [7, 11) is 0. The molecule has 0 saturated carbocycles. The van der Waals surface area contributed by atoms with Gasteiger partial charge in [0.15, 0.2) is 0 Å². The predicted molar refractivity (Wildman–Crippen MR) is 71.8 cm³/mol. The highest BCUT2D eigenvalue weighted by molar-refractivity contribution is 7.09. The molecule has 0 radical (unpaired) electrons. The fourth-order valence-electron chi connectivity index (χ4n) is 1.83. The highest BCUT2D eigenvalue weighted by Gasteiger charge is 2.15. The molecule has 0 aliphatic rings. The number of aromatic nitrogens is 1. The van der Waals surface area contributed by atoms with Gasteiger partial charge < -0.3 is 5.11 Å². The number of rotatable bonds is 4. The summed E-state index contributed by atoms with van der Waals surface area (Å²) in [5.41, 5.74) is 2.01. The lowest BCUT2D eigenvalue weighted by molar-refractivity contribution is 0.264. The lowest BCUT2D eigenvalue weighted by Crippen LogP contribution is -2.08. The van der Waals surface area contributed by atoms with Crippen LogP contribution in [0.2, 0.25) is 5.02 Å². The molecule has 0 fully saturated rings. The van der Waals surface area contributed by atoms with Gasteiger partial charge in [-0.25, -0.2) is 4.98 Å². The minimum Gasteiger partial charge on any atom is -0.396 e. The molecule has 0 bridgehead atoms. The van der Waals surface area contributed by atoms with E-state index in [4.69, 9.17) is 11.6 Å². The van der Waals surface area contributed by atoms with Crippen LogP contribution in [0.25, 0.3) is 0 Å². The molecule has 2 aromatic rings. The Bertz CT molecular complexity index is 498. The van der Waals surface area contributed by atoms with E-state index >= 15 is 0 Å². The lowest BCUT2D eigenvalue weighted by Gasteiger charge is -2.14. The number of halogens is 1. The molecule has 4 heteroatoms. The van der Waals surface area contributed by atoms with Crippen molar-refractivity contribution in [3.8, 4) is 0 Å². The van der Waals surface area contributed by atoms with E-state index in [9.17, 15) is 5.11 Å². The van der Waals surface area contributed by atoms with Crippen LogP contribution in [0.3, 0.4) is 0 Å². The summed E-state index contributed by atoms with van der Waals surface area (Å²) in [5.74, 6) is 0.0187. The third-order valence-corrected chi connectivity index (χ3v) is 3.85. The topological polar surface area (TPSA) is 33.1 Å². The van der Waals surface area contributed by atoms with Gasteiger partial charge in [-0.1, -0.05) is 29.8 Å². The first kappa shape index (κ1) is 12.6. The van der Waals surface area contributed by atoms with Gasteiger partial charge in [-0.15, -0.1) is 11.3 Å². The molecule has 0 aliphatic carbocycles. The first-order valence-electron chi connectivity index (χ1n) is 5.47. The van der Waals surface area contributed by atoms with Gasteiger partial charge in [0.2, 0.25) is 0 Å². The van der Waals surface area contributed by atoms with Gasteiger partial charge in [0, 0.05) is 16.3 Å². The zero-order valence-corrected chi connectivity index (χ0v) is 11.1. The minimum absolute atomic E-state index is 0.0187. The van der Waals surface area contributed by atoms with Crippen molar-refractivity contribution < 1.29 is 5.11 Å². The van der Waals surface area contributed by atoms with Gasteiger partial charge in [-0.2, -0.15) is 0 Å². The van der Waals surface area contributed by atoms with Crippen molar-refractivity contribution in [3.05, 3.63) is 50.9 Å². The Morgan fingerprint density at radius 3 is 2.76 bits per heavy atom. The molecule has 2 nitrogen and oxygen atoms in total. The average molecular weight is 268 g/mol. The Kier molecular flexibility index (Phi) is 4.15. The Hall–Kier alpha value is -0.900. The Labute approximate surface area is 110 Å². The third kappa shape index (κ3) is 3.06. The summed E-state index contributed by atoms with van der Waals surface area (Å²) in [4.78, 5) is 4.42. The number of nitrogens with zero attached hydrogens (tertiary/aromatic N) is 1. The van der Waals surface area contributed by atoms with Crippen molar-refractivity contribution in [2.75, 3.05) is 6.61 Å². The van der Waals surface area contributed by atoms with Gasteiger partial charge in [0.25, 0.3) is 0 Å². The zero-order valence-electron chi connectivity index (χ0n) is 9.56. The van der Waals surface area contributed by atoms with Crippen molar-refractivity contribution in [2.24, 2.45) is 0 Å². The van der Waals surface area contributed by atoms with E-state index < -0.39 is 0 Å². The molecule has 1 aromatic carbocycles. The van der Waals surface area contributed by atoms with Crippen molar-refractivity contribution in [3.63, 3.8) is 0 Å². The highest BCUT2D eigenvalue weighted by atomic mass is 35.5. The molecule has 0 saturated heterocycles. The Morgan fingerprint density at radius 2 is 2.18 bits per heavy atom. The summed E-state index contributed by atoms with van der Waals surface area (Å²) >= 11 is 7.77. The normalized spacial score (nSPS) is 12.6. The second-order valence-electron chi connectivity index (χ2n) is 3.96. The molecule has 2 rings (SSSR count). The van der Waals surface area contributed by atoms with Crippen molar-refractivity contribution in [1.82, 2.24) is 4.98 Å². The quantitative estimate of drug-likeness (QED) is 0.921. The lowest BCUT2D eigenvalue weighted by atomic mass is 9.95. The molecule has 90 valence electrons. The monoisotopic (exact) mass is 267 g/mol. The molecule has 17 heavy (non-hydrogen) atoms. The van der Waals surface area contributed by atoms with Gasteiger partial charge in [-0.05, 0) is 25.0 Å². The van der Waals surface area contributed by atoms with E-state index in [1.807, 2.05) is 36.6 Å². The molecule has 1 heterocycles. The van der Waals surface area contributed by atoms with Crippen LogP contribution >= 0.6 is 22.9 Å². The maximum atomic E-state index is 9.49. The molecule has 1 unspecified atom stereocenters. The summed E-state index contributed by atoms with van der Waals surface area (Å²) in [6, 6.07) is 7.65. The van der Waals surface area contributed by atoms with Crippen LogP contribution < -0.4 is 0 Å². The SMILES string of the molecule is Cc1nc(CC(CO)c2ccccc2Cl)cs1. The number of hydrogen-bond acceptors (Lipinski definition) is 3. The maximum Gasteiger partial charge on any atom is 0.0897 e. The van der Waals surface area contributed by atoms with Crippen LogP contribution in [-0.2, 0) is 6.42 Å². The van der Waals surface area contributed by atoms with Crippen molar-refractivity contribution in [1.29, 1.82) is 0 Å². The molecule has 0 spiro atoms. The van der Waals surface area contributed by atoms with Gasteiger partial charge in [-0.3, -0.25) is 0 Å². The number of aliphatic hydroxyl groups excluding tert-OH is 1. The van der Waals surface area contributed by atoms with Gasteiger partial charge in [0.05, 0.1) is 17.3 Å². The second-order valence-corrected chi connectivity index (χ2v) is 5.43. The maximum absolute atomic E-state index is 9.49. The molecule has 0 amide bonds. The van der Waals surface area contributed by atoms with Gasteiger partial charge in [0.1, 0.15) is 0 Å². The number of aryl methyl sites for hydroxylation is 1. The predicted octanol–water partition coefficient (Wildman–Crippen LogP) is 3.42. The highest BCUT2D eigenvalue weighted by Crippen LogP contribution is 2.27. The summed E-state index contributed by atoms with van der Waals surface area (Å²) in [6.45, 7) is 2.07. The van der Waals surface area contributed by atoms with Crippen LogP contribution in [0.15, 0.2) is 29.6 Å². The standard InChI is InChI=1S/C13H14ClNOS/c1-9-15-11(8-17-9)6-10(7-16)12-4-2-3-5-13(12)14/h2-5,8,10,16H,6-7H2,1H3. The van der Waals surface area contributed by atoms with Crippen molar-refractivity contribution in [2.45, 2.75) is 19.3 Å². The van der Waals surface area contributed by atoms with Crippen LogP contribution in [0.1, 0.15) is 22.2 Å². The van der Waals surface area contributed by atoms with Crippen LogP contribution in [0, 0.1) is 6.92 Å². The van der Waals surface area contributed by atoms with Crippen LogP contribution in [0.5, 0.6) is 0 Å². The van der Waals surface area contributed by atoms with Crippen molar-refractivity contribution >= 4 is 22.9 Å². The largest absolute Gasteiger partial charge is 0.396 e. The summed E-state index contributed by atoms with van der Waals surface area (Å²) in [6.07, 6.45) is 0.727. The van der Waals surface area contributed by atoms with E-state index in [-0.39, 0.29) is 12.5 Å². The van der Waals surface area contributed by atoms with E-state index in [2.05, 4.69) is 4.98 Å². The van der Waals surface area contributed by atoms with Gasteiger partial charge >= 0.3 is 0 Å². The van der Waals surface area contributed by atoms with E-state index in [0.717, 1.165) is 22.7 Å². The van der Waals surface area contributed by atoms with E-state index in [1.165, 1.54) is 0 Å². The number of aliphatic hydroxyl groups is 1. The summed E-state index contributed by atoms with van der Waals surface area (Å²) < 4.78 is 0. The number of benzene rings is 1. The molecule has 1 atom stereocenters. The van der Waals surface area contributed by atoms with Crippen LogP contribution in [-0.4, -0.2) is 16.7 Å². The van der Waals surface area contributed by atoms with Crippen LogP contribution in [0.4, 0.5) is 0 Å². The second kappa shape index (κ2) is 5.63. The molecular formula is C13H14ClNOS. The fourth-order valence-corrected chi connectivity index (χ4v) is 2.75. The Morgan fingerprint density at radius 1 is 1.41 bits per heavy atom. The first-order valence-corrected chi connectivity index (χ1v) is 6.72. The van der Waals surface area contributed by atoms with E-state index in [0.29, 0.717) is 5.02 Å². The van der Waals surface area contributed by atoms with E-state index in [1.54, 1.807) is 11.3 Å². The fraction of sp³-hybridized carbons (Fsp3) is 0.308.